The summed E-state index contributed by atoms with van der Waals surface area (Å²) in [4.78, 5) is 36.4. The Kier molecular flexibility index (Phi) is 6.09. The quantitative estimate of drug-likeness (QED) is 0.445. The van der Waals surface area contributed by atoms with E-state index in [1.807, 2.05) is 19.9 Å². The molecule has 1 aromatic rings. The lowest BCUT2D eigenvalue weighted by Crippen LogP contribution is -2.44. The Morgan fingerprint density at radius 2 is 1.83 bits per heavy atom. The number of carbonyl (C=O) groups is 3. The first-order valence-corrected chi connectivity index (χ1v) is 8.15. The van der Waals surface area contributed by atoms with Crippen molar-refractivity contribution < 1.29 is 23.9 Å². The van der Waals surface area contributed by atoms with Crippen LogP contribution in [-0.4, -0.2) is 42.5 Å². The summed E-state index contributed by atoms with van der Waals surface area (Å²) < 4.78 is 9.91. The van der Waals surface area contributed by atoms with Crippen molar-refractivity contribution in [2.75, 3.05) is 6.61 Å². The molecule has 1 heterocycles. The predicted molar refractivity (Wildman–Crippen MR) is 87.5 cm³/mol. The number of epoxide rings is 1. The topological polar surface area (TPSA) is 85.0 Å². The lowest BCUT2D eigenvalue weighted by Gasteiger charge is -2.19. The van der Waals surface area contributed by atoms with Crippen molar-refractivity contribution in [3.8, 4) is 0 Å². The van der Waals surface area contributed by atoms with Gasteiger partial charge in [0, 0.05) is 5.56 Å². The number of esters is 1. The van der Waals surface area contributed by atoms with Crippen LogP contribution in [0.5, 0.6) is 0 Å². The van der Waals surface area contributed by atoms with Crippen molar-refractivity contribution in [1.29, 1.82) is 0 Å². The number of amides is 1. The molecule has 0 aromatic heterocycles. The second kappa shape index (κ2) is 8.06. The maximum atomic E-state index is 12.6. The van der Waals surface area contributed by atoms with Gasteiger partial charge in [-0.1, -0.05) is 44.2 Å². The van der Waals surface area contributed by atoms with E-state index in [2.05, 4.69) is 5.32 Å². The number of Topliss-reactive ketones (excluding diaryl/α,β-unsaturated/α-hetero) is 1. The highest BCUT2D eigenvalue weighted by molar-refractivity contribution is 6.03. The van der Waals surface area contributed by atoms with Crippen LogP contribution in [0.3, 0.4) is 0 Å². The largest absolute Gasteiger partial charge is 0.464 e. The highest BCUT2D eigenvalue weighted by atomic mass is 16.6. The van der Waals surface area contributed by atoms with Gasteiger partial charge in [0.05, 0.1) is 12.6 Å². The minimum Gasteiger partial charge on any atom is -0.464 e. The van der Waals surface area contributed by atoms with Crippen LogP contribution in [-0.2, 0) is 19.1 Å². The molecule has 0 unspecified atom stereocenters. The fourth-order valence-electron chi connectivity index (χ4n) is 2.48. The van der Waals surface area contributed by atoms with Gasteiger partial charge in [-0.15, -0.1) is 0 Å². The second-order valence-electron chi connectivity index (χ2n) is 6.15. The number of benzene rings is 1. The number of ketones is 1. The summed E-state index contributed by atoms with van der Waals surface area (Å²) in [5, 5.41) is 2.71. The Hall–Kier alpha value is -2.21. The smallest absolute Gasteiger partial charge is 0.338 e. The third kappa shape index (κ3) is 4.64. The molecular weight excluding hydrogens is 310 g/mol. The molecule has 6 nitrogen and oxygen atoms in total. The van der Waals surface area contributed by atoms with Gasteiger partial charge in [-0.3, -0.25) is 9.59 Å². The van der Waals surface area contributed by atoms with Gasteiger partial charge in [0.15, 0.2) is 18.0 Å². The molecule has 1 saturated heterocycles. The first kappa shape index (κ1) is 18.1. The molecule has 1 N–H and O–H groups in total. The zero-order chi connectivity index (χ0) is 17.7. The molecule has 6 heteroatoms. The lowest BCUT2D eigenvalue weighted by molar-refractivity contribution is -0.144. The molecule has 2 rings (SSSR count). The number of ether oxygens (including phenoxy) is 2. The summed E-state index contributed by atoms with van der Waals surface area (Å²) >= 11 is 0. The maximum Gasteiger partial charge on any atom is 0.338 e. The summed E-state index contributed by atoms with van der Waals surface area (Å²) in [6, 6.07) is 8.18. The summed E-state index contributed by atoms with van der Waals surface area (Å²) in [6.07, 6.45) is -1.23. The van der Waals surface area contributed by atoms with Crippen LogP contribution in [0.1, 0.15) is 37.6 Å². The van der Waals surface area contributed by atoms with Gasteiger partial charge in [0.2, 0.25) is 0 Å². The van der Waals surface area contributed by atoms with Crippen molar-refractivity contribution in [3.63, 3.8) is 0 Å². The molecule has 1 amide bonds. The monoisotopic (exact) mass is 333 g/mol. The molecule has 0 bridgehead atoms. The van der Waals surface area contributed by atoms with Crippen LogP contribution >= 0.6 is 0 Å². The summed E-state index contributed by atoms with van der Waals surface area (Å²) in [6.45, 7) is 5.88. The normalized spacial score (nSPS) is 20.3. The van der Waals surface area contributed by atoms with E-state index in [9.17, 15) is 14.4 Å². The molecule has 0 spiro atoms. The van der Waals surface area contributed by atoms with Crippen LogP contribution in [0, 0.1) is 5.92 Å². The van der Waals surface area contributed by atoms with E-state index in [-0.39, 0.29) is 18.3 Å². The average molecular weight is 333 g/mol. The van der Waals surface area contributed by atoms with Crippen molar-refractivity contribution in [1.82, 2.24) is 5.32 Å². The van der Waals surface area contributed by atoms with E-state index >= 15 is 0 Å². The summed E-state index contributed by atoms with van der Waals surface area (Å²) in [5.41, 5.74) is 0.544. The van der Waals surface area contributed by atoms with E-state index < -0.39 is 30.1 Å². The van der Waals surface area contributed by atoms with Crippen molar-refractivity contribution in [2.45, 2.75) is 45.4 Å². The Morgan fingerprint density at radius 1 is 1.17 bits per heavy atom. The molecule has 1 aromatic carbocycles. The number of hydrogen-bond acceptors (Lipinski definition) is 5. The van der Waals surface area contributed by atoms with Crippen LogP contribution in [0.25, 0.3) is 0 Å². The van der Waals surface area contributed by atoms with Gasteiger partial charge in [-0.25, -0.2) is 4.79 Å². The maximum absolute atomic E-state index is 12.6. The van der Waals surface area contributed by atoms with Crippen molar-refractivity contribution >= 4 is 17.7 Å². The van der Waals surface area contributed by atoms with Crippen LogP contribution in [0.2, 0.25) is 0 Å². The Balaban J connectivity index is 2.00. The zero-order valence-electron chi connectivity index (χ0n) is 14.2. The Bertz CT molecular complexity index is 599. The Morgan fingerprint density at radius 3 is 2.42 bits per heavy atom. The summed E-state index contributed by atoms with van der Waals surface area (Å²) in [7, 11) is 0. The average Bonchev–Trinajstić information content (AvgIpc) is 3.35. The first-order valence-electron chi connectivity index (χ1n) is 8.15. The molecule has 1 aliphatic rings. The van der Waals surface area contributed by atoms with Gasteiger partial charge in [-0.2, -0.15) is 0 Å². The van der Waals surface area contributed by atoms with E-state index in [1.54, 1.807) is 31.2 Å². The molecule has 1 fully saturated rings. The minimum atomic E-state index is -0.873. The molecule has 24 heavy (non-hydrogen) atoms. The van der Waals surface area contributed by atoms with Crippen LogP contribution < -0.4 is 5.32 Å². The molecule has 0 saturated carbocycles. The molecule has 3 atom stereocenters. The van der Waals surface area contributed by atoms with E-state index in [0.29, 0.717) is 12.0 Å². The fraction of sp³-hybridized carbons (Fsp3) is 0.500. The summed E-state index contributed by atoms with van der Waals surface area (Å²) in [5.74, 6) is -0.926. The minimum absolute atomic E-state index is 0.147. The van der Waals surface area contributed by atoms with E-state index in [0.717, 1.165) is 0 Å². The van der Waals surface area contributed by atoms with Crippen LogP contribution in [0.4, 0.5) is 0 Å². The molecule has 1 aliphatic heterocycles. The number of hydrogen-bond donors (Lipinski definition) is 1. The van der Waals surface area contributed by atoms with Gasteiger partial charge in [0.1, 0.15) is 0 Å². The third-order valence-corrected chi connectivity index (χ3v) is 3.67. The molecule has 130 valence electrons. The predicted octanol–water partition coefficient (Wildman–Crippen LogP) is 1.73. The first-order chi connectivity index (χ1) is 11.4. The van der Waals surface area contributed by atoms with Crippen molar-refractivity contribution in [2.24, 2.45) is 5.92 Å². The van der Waals surface area contributed by atoms with Crippen molar-refractivity contribution in [3.05, 3.63) is 35.9 Å². The number of carbonyl (C=O) groups excluding carboxylic acids is 3. The van der Waals surface area contributed by atoms with Gasteiger partial charge in [-0.05, 0) is 19.3 Å². The standard InChI is InChI=1S/C18H23NO5/c1-4-23-18(22)16-15(24-16)17(21)19-13(10-11(2)3)14(20)12-8-6-5-7-9-12/h5-9,11,13,15-16H,4,10H2,1-3H3,(H,19,21)/t13-,15-,16-/m0/s1. The SMILES string of the molecule is CCOC(=O)[C@H]1O[C@@H]1C(=O)N[C@@H](CC(C)C)C(=O)c1ccccc1. The Labute approximate surface area is 141 Å². The lowest BCUT2D eigenvalue weighted by atomic mass is 9.96. The highest BCUT2D eigenvalue weighted by Crippen LogP contribution is 2.24. The fourth-order valence-corrected chi connectivity index (χ4v) is 2.48. The molecular formula is C18H23NO5. The number of rotatable bonds is 8. The van der Waals surface area contributed by atoms with Gasteiger partial charge in [0.25, 0.3) is 5.91 Å². The van der Waals surface area contributed by atoms with Crippen LogP contribution in [0.15, 0.2) is 30.3 Å². The third-order valence-electron chi connectivity index (χ3n) is 3.67. The second-order valence-corrected chi connectivity index (χ2v) is 6.15. The van der Waals surface area contributed by atoms with Gasteiger partial charge < -0.3 is 14.8 Å². The van der Waals surface area contributed by atoms with E-state index in [4.69, 9.17) is 9.47 Å². The zero-order valence-corrected chi connectivity index (χ0v) is 14.2. The van der Waals surface area contributed by atoms with E-state index in [1.165, 1.54) is 0 Å². The van der Waals surface area contributed by atoms with Gasteiger partial charge >= 0.3 is 5.97 Å². The highest BCUT2D eigenvalue weighted by Gasteiger charge is 2.52. The molecule has 0 radical (unpaired) electrons. The molecule has 0 aliphatic carbocycles. The number of nitrogens with one attached hydrogen (secondary N) is 1.